The summed E-state index contributed by atoms with van der Waals surface area (Å²) in [7, 11) is 0. The van der Waals surface area contributed by atoms with Crippen LogP contribution < -0.4 is 5.32 Å². The molecule has 0 radical (unpaired) electrons. The molecule has 3 nitrogen and oxygen atoms in total. The number of hydrogen-bond donors (Lipinski definition) is 1. The second-order valence-electron chi connectivity index (χ2n) is 4.65. The van der Waals surface area contributed by atoms with E-state index < -0.39 is 0 Å². The number of nitrogens with zero attached hydrogens (tertiary/aromatic N) is 2. The monoisotopic (exact) mass is 233 g/mol. The first kappa shape index (κ1) is 10.7. The van der Waals surface area contributed by atoms with Crippen molar-refractivity contribution >= 4 is 10.9 Å². The fourth-order valence-electron chi connectivity index (χ4n) is 2.66. The molecule has 2 heterocycles. The van der Waals surface area contributed by atoms with E-state index in [-0.39, 0.29) is 5.82 Å². The van der Waals surface area contributed by atoms with Gasteiger partial charge in [-0.25, -0.2) is 4.39 Å². The standard InChI is InChI=1S/C13H16FN3/c1-9-13-11(14)3-2-4-12(13)17(16-9)10-5-7-15-8-6-10/h2-4,10,15H,5-8H2,1H3. The van der Waals surface area contributed by atoms with Gasteiger partial charge < -0.3 is 5.32 Å². The number of rotatable bonds is 1. The van der Waals surface area contributed by atoms with Crippen LogP contribution in [-0.2, 0) is 0 Å². The lowest BCUT2D eigenvalue weighted by atomic mass is 10.1. The van der Waals surface area contributed by atoms with Crippen molar-refractivity contribution in [3.63, 3.8) is 0 Å². The Hall–Kier alpha value is -1.42. The Morgan fingerprint density at radius 3 is 2.88 bits per heavy atom. The average Bonchev–Trinajstić information content (AvgIpc) is 2.69. The molecule has 0 aliphatic carbocycles. The van der Waals surface area contributed by atoms with Crippen molar-refractivity contribution in [1.82, 2.24) is 15.1 Å². The zero-order valence-electron chi connectivity index (χ0n) is 9.91. The SMILES string of the molecule is Cc1nn(C2CCNCC2)c2cccc(F)c12. The van der Waals surface area contributed by atoms with Crippen molar-refractivity contribution in [2.75, 3.05) is 13.1 Å². The van der Waals surface area contributed by atoms with Crippen LogP contribution in [0.2, 0.25) is 0 Å². The van der Waals surface area contributed by atoms with E-state index in [0.29, 0.717) is 11.4 Å². The number of piperidine rings is 1. The molecule has 0 spiro atoms. The molecule has 1 aromatic heterocycles. The molecule has 17 heavy (non-hydrogen) atoms. The summed E-state index contributed by atoms with van der Waals surface area (Å²) < 4.78 is 15.8. The molecule has 2 aromatic rings. The van der Waals surface area contributed by atoms with Crippen LogP contribution in [0, 0.1) is 12.7 Å². The van der Waals surface area contributed by atoms with Crippen LogP contribution in [0.15, 0.2) is 18.2 Å². The fourth-order valence-corrected chi connectivity index (χ4v) is 2.66. The average molecular weight is 233 g/mol. The summed E-state index contributed by atoms with van der Waals surface area (Å²) in [6, 6.07) is 5.62. The Kier molecular flexibility index (Phi) is 2.59. The van der Waals surface area contributed by atoms with Crippen LogP contribution in [0.5, 0.6) is 0 Å². The van der Waals surface area contributed by atoms with Crippen molar-refractivity contribution in [2.45, 2.75) is 25.8 Å². The molecule has 1 aliphatic heterocycles. The minimum absolute atomic E-state index is 0.166. The van der Waals surface area contributed by atoms with Gasteiger partial charge in [-0.15, -0.1) is 0 Å². The molecule has 0 amide bonds. The number of hydrogen-bond acceptors (Lipinski definition) is 2. The van der Waals surface area contributed by atoms with E-state index in [1.807, 2.05) is 17.7 Å². The van der Waals surface area contributed by atoms with Crippen LogP contribution in [0.3, 0.4) is 0 Å². The van der Waals surface area contributed by atoms with Gasteiger partial charge in [0.1, 0.15) is 5.82 Å². The van der Waals surface area contributed by atoms with Gasteiger partial charge in [0.2, 0.25) is 0 Å². The molecule has 1 N–H and O–H groups in total. The number of benzene rings is 1. The molecule has 0 atom stereocenters. The van der Waals surface area contributed by atoms with E-state index in [1.165, 1.54) is 6.07 Å². The first-order chi connectivity index (χ1) is 8.27. The second kappa shape index (κ2) is 4.11. The van der Waals surface area contributed by atoms with E-state index in [4.69, 9.17) is 0 Å². The Balaban J connectivity index is 2.13. The van der Waals surface area contributed by atoms with Gasteiger partial charge in [0.05, 0.1) is 22.6 Å². The molecule has 1 fully saturated rings. The molecule has 0 bridgehead atoms. The lowest BCUT2D eigenvalue weighted by Gasteiger charge is -2.23. The maximum atomic E-state index is 13.8. The Labute approximate surface area is 99.6 Å². The Morgan fingerprint density at radius 1 is 1.35 bits per heavy atom. The number of aromatic nitrogens is 2. The Morgan fingerprint density at radius 2 is 2.12 bits per heavy atom. The number of aryl methyl sites for hydroxylation is 1. The minimum atomic E-state index is -0.166. The minimum Gasteiger partial charge on any atom is -0.317 e. The summed E-state index contributed by atoms with van der Waals surface area (Å²) >= 11 is 0. The van der Waals surface area contributed by atoms with E-state index in [0.717, 1.165) is 37.1 Å². The third kappa shape index (κ3) is 1.72. The maximum Gasteiger partial charge on any atom is 0.134 e. The smallest absolute Gasteiger partial charge is 0.134 e. The summed E-state index contributed by atoms with van der Waals surface area (Å²) in [5, 5.41) is 8.53. The van der Waals surface area contributed by atoms with Gasteiger partial charge in [0.15, 0.2) is 0 Å². The van der Waals surface area contributed by atoms with Crippen molar-refractivity contribution in [2.24, 2.45) is 0 Å². The van der Waals surface area contributed by atoms with Crippen molar-refractivity contribution < 1.29 is 4.39 Å². The normalized spacial score (nSPS) is 17.8. The van der Waals surface area contributed by atoms with Crippen molar-refractivity contribution in [3.05, 3.63) is 29.7 Å². The quantitative estimate of drug-likeness (QED) is 0.819. The first-order valence-corrected chi connectivity index (χ1v) is 6.11. The molecule has 1 aromatic carbocycles. The zero-order chi connectivity index (χ0) is 11.8. The highest BCUT2D eigenvalue weighted by Crippen LogP contribution is 2.27. The van der Waals surface area contributed by atoms with Crippen LogP contribution in [-0.4, -0.2) is 22.9 Å². The maximum absolute atomic E-state index is 13.8. The summed E-state index contributed by atoms with van der Waals surface area (Å²) in [4.78, 5) is 0. The second-order valence-corrected chi connectivity index (χ2v) is 4.65. The van der Waals surface area contributed by atoms with E-state index in [1.54, 1.807) is 6.07 Å². The van der Waals surface area contributed by atoms with Gasteiger partial charge in [-0.2, -0.15) is 5.10 Å². The highest BCUT2D eigenvalue weighted by molar-refractivity contribution is 5.82. The van der Waals surface area contributed by atoms with E-state index >= 15 is 0 Å². The number of nitrogens with one attached hydrogen (secondary N) is 1. The highest BCUT2D eigenvalue weighted by atomic mass is 19.1. The molecule has 3 rings (SSSR count). The van der Waals surface area contributed by atoms with Gasteiger partial charge in [0, 0.05) is 0 Å². The largest absolute Gasteiger partial charge is 0.317 e. The summed E-state index contributed by atoms with van der Waals surface area (Å²) in [6.45, 7) is 3.91. The summed E-state index contributed by atoms with van der Waals surface area (Å²) in [5.74, 6) is -0.166. The molecular weight excluding hydrogens is 217 g/mol. The van der Waals surface area contributed by atoms with Gasteiger partial charge in [-0.1, -0.05) is 6.07 Å². The fraction of sp³-hybridized carbons (Fsp3) is 0.462. The van der Waals surface area contributed by atoms with Crippen molar-refractivity contribution in [1.29, 1.82) is 0 Å². The molecule has 1 saturated heterocycles. The lowest BCUT2D eigenvalue weighted by Crippen LogP contribution is -2.29. The van der Waals surface area contributed by atoms with E-state index in [9.17, 15) is 4.39 Å². The molecule has 90 valence electrons. The number of fused-ring (bicyclic) bond motifs is 1. The third-order valence-electron chi connectivity index (χ3n) is 3.51. The Bertz CT molecular complexity index is 541. The predicted octanol–water partition coefficient (Wildman–Crippen LogP) is 2.41. The molecule has 1 aliphatic rings. The summed E-state index contributed by atoms with van der Waals surface area (Å²) in [6.07, 6.45) is 2.12. The molecular formula is C13H16FN3. The van der Waals surface area contributed by atoms with Crippen LogP contribution >= 0.6 is 0 Å². The van der Waals surface area contributed by atoms with Gasteiger partial charge in [-0.3, -0.25) is 4.68 Å². The highest BCUT2D eigenvalue weighted by Gasteiger charge is 2.20. The number of halogens is 1. The topological polar surface area (TPSA) is 29.9 Å². The van der Waals surface area contributed by atoms with Gasteiger partial charge in [-0.05, 0) is 45.0 Å². The molecule has 0 saturated carbocycles. The van der Waals surface area contributed by atoms with E-state index in [2.05, 4.69) is 10.4 Å². The molecule has 4 heteroatoms. The van der Waals surface area contributed by atoms with Gasteiger partial charge in [0.25, 0.3) is 0 Å². The summed E-state index contributed by atoms with van der Waals surface area (Å²) in [5.41, 5.74) is 1.71. The van der Waals surface area contributed by atoms with Crippen LogP contribution in [0.25, 0.3) is 10.9 Å². The lowest BCUT2D eigenvalue weighted by molar-refractivity contribution is 0.350. The first-order valence-electron chi connectivity index (χ1n) is 6.11. The van der Waals surface area contributed by atoms with Crippen LogP contribution in [0.4, 0.5) is 4.39 Å². The van der Waals surface area contributed by atoms with Crippen LogP contribution in [0.1, 0.15) is 24.6 Å². The van der Waals surface area contributed by atoms with Gasteiger partial charge >= 0.3 is 0 Å². The zero-order valence-corrected chi connectivity index (χ0v) is 9.91. The van der Waals surface area contributed by atoms with Crippen molar-refractivity contribution in [3.8, 4) is 0 Å². The predicted molar refractivity (Wildman–Crippen MR) is 65.6 cm³/mol. The third-order valence-corrected chi connectivity index (χ3v) is 3.51. The molecule has 0 unspecified atom stereocenters.